The number of aromatic nitrogens is 2. The molecule has 0 spiro atoms. The normalized spacial score (nSPS) is 11.9. The standard InChI is InChI=1S/C60H34N2O3.C11H12/c1-5-21-50-40(12-1)47-32-35(38-16-9-18-44-42-14-3-7-24-55(42)63-58(38)44)26-29-52(47)61(50)37-28-31-57-49(34-37)46-20-11-23-54(60(46)65-57)62-51-22-6-2-13-41(51)48-33-36(27-30-53(48)62)39-17-10-19-45-43-15-4-8-25-56(43)64-59(39)45;1-4-9(2)11-8-6-5-7-10(11)3/h1-34H;4-8H,1-2H2,3H3. The van der Waals surface area contributed by atoms with E-state index in [1.54, 1.807) is 6.08 Å². The first-order chi connectivity index (χ1) is 37.5. The van der Waals surface area contributed by atoms with Gasteiger partial charge < -0.3 is 22.4 Å². The van der Waals surface area contributed by atoms with Crippen LogP contribution in [0.2, 0.25) is 0 Å². The van der Waals surface area contributed by atoms with Crippen molar-refractivity contribution in [3.05, 3.63) is 261 Å². The number of aryl methyl sites for hydroxylation is 1. The Balaban J connectivity index is 0.000000413. The minimum absolute atomic E-state index is 0.847. The first kappa shape index (κ1) is 43.5. The highest BCUT2D eigenvalue weighted by Gasteiger charge is 2.22. The van der Waals surface area contributed by atoms with Gasteiger partial charge in [-0.15, -0.1) is 0 Å². The molecule has 0 aliphatic carbocycles. The molecule has 76 heavy (non-hydrogen) atoms. The van der Waals surface area contributed by atoms with E-state index in [1.807, 2.05) is 36.4 Å². The second kappa shape index (κ2) is 17.0. The number of hydrogen-bond donors (Lipinski definition) is 0. The summed E-state index contributed by atoms with van der Waals surface area (Å²) < 4.78 is 24.6. The van der Waals surface area contributed by atoms with Gasteiger partial charge in [-0.05, 0) is 108 Å². The van der Waals surface area contributed by atoms with Crippen molar-refractivity contribution < 1.29 is 13.3 Å². The van der Waals surface area contributed by atoms with E-state index in [1.165, 1.54) is 32.7 Å². The quantitative estimate of drug-likeness (QED) is 0.156. The van der Waals surface area contributed by atoms with Crippen LogP contribution in [-0.2, 0) is 0 Å². The van der Waals surface area contributed by atoms with E-state index in [-0.39, 0.29) is 0 Å². The number of furan rings is 3. The minimum atomic E-state index is 0.847. The van der Waals surface area contributed by atoms with E-state index < -0.39 is 0 Å². The van der Waals surface area contributed by atoms with Crippen LogP contribution in [0, 0.1) is 6.92 Å². The van der Waals surface area contributed by atoms with Crippen molar-refractivity contribution in [3.8, 4) is 33.6 Å². The van der Waals surface area contributed by atoms with Crippen LogP contribution in [0.4, 0.5) is 0 Å². The smallest absolute Gasteiger partial charge is 0.159 e. The Kier molecular flexibility index (Phi) is 9.72. The summed E-state index contributed by atoms with van der Waals surface area (Å²) in [6, 6.07) is 81.7. The summed E-state index contributed by atoms with van der Waals surface area (Å²) in [5.41, 5.74) is 19.7. The van der Waals surface area contributed by atoms with Crippen molar-refractivity contribution in [3.63, 3.8) is 0 Å². The summed E-state index contributed by atoms with van der Waals surface area (Å²) in [5, 5.41) is 11.4. The predicted octanol–water partition coefficient (Wildman–Crippen LogP) is 20.1. The lowest BCUT2D eigenvalue weighted by Gasteiger charge is -2.09. The zero-order chi connectivity index (χ0) is 50.6. The fourth-order valence-corrected chi connectivity index (χ4v) is 11.9. The molecule has 0 saturated heterocycles. The second-order valence-corrected chi connectivity index (χ2v) is 19.7. The number of fused-ring (bicyclic) bond motifs is 15. The Morgan fingerprint density at radius 2 is 0.829 bits per heavy atom. The average Bonchev–Trinajstić information content (AvgIpc) is 4.37. The lowest BCUT2D eigenvalue weighted by molar-refractivity contribution is 0.666. The summed E-state index contributed by atoms with van der Waals surface area (Å²) in [7, 11) is 0. The first-order valence-electron chi connectivity index (χ1n) is 25.7. The Labute approximate surface area is 436 Å². The van der Waals surface area contributed by atoms with Crippen molar-refractivity contribution in [1.29, 1.82) is 0 Å². The van der Waals surface area contributed by atoms with Crippen molar-refractivity contribution in [1.82, 2.24) is 9.13 Å². The van der Waals surface area contributed by atoms with Crippen LogP contribution < -0.4 is 0 Å². The van der Waals surface area contributed by atoms with Gasteiger partial charge in [0.2, 0.25) is 0 Å². The molecule has 0 unspecified atom stereocenters. The first-order valence-corrected chi connectivity index (χ1v) is 25.7. The molecule has 5 nitrogen and oxygen atoms in total. The number of para-hydroxylation sites is 7. The molecule has 0 radical (unpaired) electrons. The van der Waals surface area contributed by atoms with Gasteiger partial charge in [0, 0.05) is 70.7 Å². The Morgan fingerprint density at radius 1 is 0.368 bits per heavy atom. The molecule has 0 fully saturated rings. The van der Waals surface area contributed by atoms with Gasteiger partial charge in [0.05, 0.1) is 27.8 Å². The van der Waals surface area contributed by atoms with Crippen LogP contribution in [0.3, 0.4) is 0 Å². The molecule has 0 aliphatic rings. The predicted molar refractivity (Wildman–Crippen MR) is 318 cm³/mol. The third-order valence-corrected chi connectivity index (χ3v) is 15.5. The molecule has 0 bridgehead atoms. The van der Waals surface area contributed by atoms with Crippen molar-refractivity contribution in [2.24, 2.45) is 0 Å². The van der Waals surface area contributed by atoms with Gasteiger partial charge >= 0.3 is 0 Å². The fraction of sp³-hybridized carbons (Fsp3) is 0.0141. The largest absolute Gasteiger partial charge is 0.455 e. The summed E-state index contributed by atoms with van der Waals surface area (Å²) in [4.78, 5) is 0. The molecule has 0 aliphatic heterocycles. The van der Waals surface area contributed by atoms with Gasteiger partial charge in [0.1, 0.15) is 27.9 Å². The maximum atomic E-state index is 6.89. The molecule has 16 rings (SSSR count). The molecule has 16 aromatic rings. The van der Waals surface area contributed by atoms with Gasteiger partial charge in [0.15, 0.2) is 5.58 Å². The highest BCUT2D eigenvalue weighted by molar-refractivity contribution is 6.17. The van der Waals surface area contributed by atoms with Gasteiger partial charge in [-0.25, -0.2) is 0 Å². The average molecular weight is 975 g/mol. The minimum Gasteiger partial charge on any atom is -0.455 e. The summed E-state index contributed by atoms with van der Waals surface area (Å²) >= 11 is 0. The SMILES string of the molecule is C=CC(=C)c1ccccc1C.c1ccc2c(c1)oc1c(-c3ccc4c(c3)c3ccccc3n4-c3ccc4oc5c(-n6c7ccccc7c7cc(-c8cccc9c8oc8ccccc89)ccc76)cccc5c4c3)cccc12. The Hall–Kier alpha value is -10.1. The fourth-order valence-electron chi connectivity index (χ4n) is 11.9. The van der Waals surface area contributed by atoms with Crippen LogP contribution in [-0.4, -0.2) is 9.13 Å². The molecule has 0 saturated carbocycles. The van der Waals surface area contributed by atoms with Crippen LogP contribution in [0.1, 0.15) is 11.1 Å². The molecule has 5 aromatic heterocycles. The van der Waals surface area contributed by atoms with Crippen LogP contribution in [0.5, 0.6) is 0 Å². The highest BCUT2D eigenvalue weighted by atomic mass is 16.3. The van der Waals surface area contributed by atoms with Crippen molar-refractivity contribution in [2.45, 2.75) is 6.92 Å². The zero-order valence-electron chi connectivity index (χ0n) is 41.6. The van der Waals surface area contributed by atoms with Gasteiger partial charge in [-0.3, -0.25) is 0 Å². The molecular formula is C71H46N2O3. The summed E-state index contributed by atoms with van der Waals surface area (Å²) in [6.45, 7) is 9.64. The van der Waals surface area contributed by atoms with E-state index >= 15 is 0 Å². The molecule has 0 amide bonds. The lowest BCUT2D eigenvalue weighted by Crippen LogP contribution is -1.94. The van der Waals surface area contributed by atoms with E-state index in [0.717, 1.165) is 127 Å². The lowest BCUT2D eigenvalue weighted by atomic mass is 10.0. The molecule has 11 aromatic carbocycles. The maximum absolute atomic E-state index is 6.89. The summed E-state index contributed by atoms with van der Waals surface area (Å²) in [5.74, 6) is 0. The number of hydrogen-bond acceptors (Lipinski definition) is 3. The number of nitrogens with zero attached hydrogens (tertiary/aromatic N) is 2. The third kappa shape index (κ3) is 6.59. The number of allylic oxidation sites excluding steroid dienone is 2. The highest BCUT2D eigenvalue weighted by Crippen LogP contribution is 2.44. The molecular weight excluding hydrogens is 929 g/mol. The van der Waals surface area contributed by atoms with Crippen LogP contribution >= 0.6 is 0 Å². The van der Waals surface area contributed by atoms with Gasteiger partial charge in [-0.1, -0.05) is 177 Å². The number of rotatable bonds is 6. The second-order valence-electron chi connectivity index (χ2n) is 19.7. The molecule has 0 N–H and O–H groups in total. The summed E-state index contributed by atoms with van der Waals surface area (Å²) in [6.07, 6.45) is 1.78. The van der Waals surface area contributed by atoms with Crippen molar-refractivity contribution in [2.75, 3.05) is 0 Å². The van der Waals surface area contributed by atoms with E-state index in [2.05, 4.69) is 223 Å². The van der Waals surface area contributed by atoms with Gasteiger partial charge in [0.25, 0.3) is 0 Å². The van der Waals surface area contributed by atoms with Gasteiger partial charge in [-0.2, -0.15) is 0 Å². The van der Waals surface area contributed by atoms with E-state index in [9.17, 15) is 0 Å². The monoisotopic (exact) mass is 974 g/mol. The van der Waals surface area contributed by atoms with Crippen molar-refractivity contribution >= 4 is 115 Å². The topological polar surface area (TPSA) is 49.3 Å². The Morgan fingerprint density at radius 3 is 1.43 bits per heavy atom. The molecule has 5 heteroatoms. The van der Waals surface area contributed by atoms with E-state index in [4.69, 9.17) is 13.3 Å². The third-order valence-electron chi connectivity index (χ3n) is 15.5. The number of benzene rings is 11. The molecule has 5 heterocycles. The van der Waals surface area contributed by atoms with E-state index in [0.29, 0.717) is 0 Å². The zero-order valence-corrected chi connectivity index (χ0v) is 41.6. The molecule has 0 atom stereocenters. The Bertz CT molecular complexity index is 5070. The van der Waals surface area contributed by atoms with Crippen LogP contribution in [0.15, 0.2) is 263 Å². The molecule has 358 valence electrons. The van der Waals surface area contributed by atoms with Crippen LogP contribution in [0.25, 0.3) is 149 Å². The maximum Gasteiger partial charge on any atom is 0.159 e.